The Morgan fingerprint density at radius 2 is 1.94 bits per heavy atom. The highest BCUT2D eigenvalue weighted by Gasteiger charge is 2.27. The van der Waals surface area contributed by atoms with Crippen LogP contribution in [0.2, 0.25) is 0 Å². The van der Waals surface area contributed by atoms with Crippen LogP contribution in [-0.4, -0.2) is 35.1 Å². The number of hydrogen-bond donors (Lipinski definition) is 1. The molecular formula is C13H23NO2. The minimum absolute atomic E-state index is 0.245. The molecule has 1 heterocycles. The van der Waals surface area contributed by atoms with E-state index in [9.17, 15) is 9.90 Å². The molecule has 1 aliphatic heterocycles. The summed E-state index contributed by atoms with van der Waals surface area (Å²) in [6.45, 7) is 1.42. The SMILES string of the molecule is O=C1CCCCCN1CC(O)C1CCCC1. The highest BCUT2D eigenvalue weighted by Crippen LogP contribution is 2.28. The van der Waals surface area contributed by atoms with Crippen LogP contribution in [-0.2, 0) is 4.79 Å². The molecule has 0 radical (unpaired) electrons. The van der Waals surface area contributed by atoms with Gasteiger partial charge in [-0.1, -0.05) is 19.3 Å². The van der Waals surface area contributed by atoms with Gasteiger partial charge >= 0.3 is 0 Å². The van der Waals surface area contributed by atoms with Gasteiger partial charge in [-0.25, -0.2) is 0 Å². The van der Waals surface area contributed by atoms with Crippen molar-refractivity contribution in [1.29, 1.82) is 0 Å². The average molecular weight is 225 g/mol. The van der Waals surface area contributed by atoms with E-state index in [0.717, 1.165) is 38.6 Å². The second-order valence-electron chi connectivity index (χ2n) is 5.26. The van der Waals surface area contributed by atoms with Gasteiger partial charge in [0.25, 0.3) is 0 Å². The standard InChI is InChI=1S/C13H23NO2/c15-12(11-6-3-4-7-11)10-14-9-5-1-2-8-13(14)16/h11-12,15H,1-10H2. The van der Waals surface area contributed by atoms with Gasteiger partial charge in [-0.3, -0.25) is 4.79 Å². The molecule has 2 rings (SSSR count). The van der Waals surface area contributed by atoms with Crippen molar-refractivity contribution in [2.24, 2.45) is 5.92 Å². The predicted molar refractivity (Wildman–Crippen MR) is 63.0 cm³/mol. The predicted octanol–water partition coefficient (Wildman–Crippen LogP) is 1.94. The molecule has 1 atom stereocenters. The molecule has 0 spiro atoms. The third kappa shape index (κ3) is 2.97. The second-order valence-corrected chi connectivity index (χ2v) is 5.26. The lowest BCUT2D eigenvalue weighted by Gasteiger charge is -2.26. The summed E-state index contributed by atoms with van der Waals surface area (Å²) in [7, 11) is 0. The van der Waals surface area contributed by atoms with E-state index < -0.39 is 0 Å². The fourth-order valence-electron chi connectivity index (χ4n) is 2.95. The fraction of sp³-hybridized carbons (Fsp3) is 0.923. The summed E-state index contributed by atoms with van der Waals surface area (Å²) in [6.07, 6.45) is 8.44. The van der Waals surface area contributed by atoms with Crippen molar-refractivity contribution < 1.29 is 9.90 Å². The van der Waals surface area contributed by atoms with Gasteiger partial charge in [-0.05, 0) is 31.6 Å². The minimum atomic E-state index is -0.287. The molecule has 92 valence electrons. The Morgan fingerprint density at radius 3 is 2.69 bits per heavy atom. The van der Waals surface area contributed by atoms with Gasteiger partial charge in [0.1, 0.15) is 0 Å². The van der Waals surface area contributed by atoms with Crippen molar-refractivity contribution in [2.45, 2.75) is 57.5 Å². The van der Waals surface area contributed by atoms with Crippen molar-refractivity contribution in [3.05, 3.63) is 0 Å². The van der Waals surface area contributed by atoms with Gasteiger partial charge in [0.2, 0.25) is 5.91 Å². The van der Waals surface area contributed by atoms with E-state index in [-0.39, 0.29) is 12.0 Å². The normalized spacial score (nSPS) is 25.8. The first kappa shape index (κ1) is 11.9. The first-order valence-corrected chi connectivity index (χ1v) is 6.73. The Balaban J connectivity index is 1.83. The molecule has 3 nitrogen and oxygen atoms in total. The van der Waals surface area contributed by atoms with E-state index in [1.165, 1.54) is 12.8 Å². The third-order valence-electron chi connectivity index (χ3n) is 4.02. The van der Waals surface area contributed by atoms with Gasteiger partial charge in [-0.2, -0.15) is 0 Å². The number of carbonyl (C=O) groups is 1. The molecule has 0 aromatic carbocycles. The average Bonchev–Trinajstić information content (AvgIpc) is 2.73. The van der Waals surface area contributed by atoms with Crippen LogP contribution >= 0.6 is 0 Å². The van der Waals surface area contributed by atoms with E-state index in [1.54, 1.807) is 0 Å². The maximum Gasteiger partial charge on any atom is 0.222 e. The van der Waals surface area contributed by atoms with Gasteiger partial charge in [-0.15, -0.1) is 0 Å². The van der Waals surface area contributed by atoms with Crippen LogP contribution in [0.1, 0.15) is 51.4 Å². The number of aliphatic hydroxyl groups is 1. The molecule has 1 amide bonds. The summed E-state index contributed by atoms with van der Waals surface area (Å²) >= 11 is 0. The summed E-state index contributed by atoms with van der Waals surface area (Å²) in [5.74, 6) is 0.686. The lowest BCUT2D eigenvalue weighted by Crippen LogP contribution is -2.39. The first-order valence-electron chi connectivity index (χ1n) is 6.73. The zero-order chi connectivity index (χ0) is 11.4. The second kappa shape index (κ2) is 5.67. The Kier molecular flexibility index (Phi) is 4.22. The third-order valence-corrected chi connectivity index (χ3v) is 4.02. The van der Waals surface area contributed by atoms with Crippen LogP contribution in [0.3, 0.4) is 0 Å². The van der Waals surface area contributed by atoms with Crippen molar-refractivity contribution in [1.82, 2.24) is 4.90 Å². The number of nitrogens with zero attached hydrogens (tertiary/aromatic N) is 1. The molecule has 2 aliphatic rings. The van der Waals surface area contributed by atoms with Crippen LogP contribution in [0.5, 0.6) is 0 Å². The van der Waals surface area contributed by atoms with Gasteiger partial charge in [0, 0.05) is 19.5 Å². The number of amides is 1. The number of carbonyl (C=O) groups excluding carboxylic acids is 1. The van der Waals surface area contributed by atoms with Crippen molar-refractivity contribution in [3.8, 4) is 0 Å². The number of β-amino-alcohol motifs (C(OH)–C–C–N with tert-alkyl or cyclic N) is 1. The van der Waals surface area contributed by atoms with E-state index in [0.29, 0.717) is 18.9 Å². The van der Waals surface area contributed by atoms with E-state index in [1.807, 2.05) is 4.90 Å². The van der Waals surface area contributed by atoms with Crippen molar-refractivity contribution in [3.63, 3.8) is 0 Å². The van der Waals surface area contributed by atoms with Crippen LogP contribution in [0.25, 0.3) is 0 Å². The van der Waals surface area contributed by atoms with E-state index in [4.69, 9.17) is 0 Å². The molecule has 0 aromatic heterocycles. The van der Waals surface area contributed by atoms with Crippen molar-refractivity contribution >= 4 is 5.91 Å². The highest BCUT2D eigenvalue weighted by atomic mass is 16.3. The first-order chi connectivity index (χ1) is 7.77. The highest BCUT2D eigenvalue weighted by molar-refractivity contribution is 5.76. The molecule has 1 unspecified atom stereocenters. The number of aliphatic hydroxyl groups excluding tert-OH is 1. The zero-order valence-electron chi connectivity index (χ0n) is 10.0. The molecular weight excluding hydrogens is 202 g/mol. The fourth-order valence-corrected chi connectivity index (χ4v) is 2.95. The molecule has 1 N–H and O–H groups in total. The Bertz CT molecular complexity index is 236. The number of likely N-dealkylation sites (tertiary alicyclic amines) is 1. The topological polar surface area (TPSA) is 40.5 Å². The van der Waals surface area contributed by atoms with Gasteiger partial charge in [0.05, 0.1) is 6.10 Å². The smallest absolute Gasteiger partial charge is 0.222 e. The Hall–Kier alpha value is -0.570. The summed E-state index contributed by atoms with van der Waals surface area (Å²) in [5, 5.41) is 10.1. The number of rotatable bonds is 3. The molecule has 16 heavy (non-hydrogen) atoms. The zero-order valence-corrected chi connectivity index (χ0v) is 10.0. The van der Waals surface area contributed by atoms with E-state index >= 15 is 0 Å². The van der Waals surface area contributed by atoms with Crippen LogP contribution < -0.4 is 0 Å². The van der Waals surface area contributed by atoms with Crippen LogP contribution in [0.15, 0.2) is 0 Å². The molecule has 1 saturated heterocycles. The lowest BCUT2D eigenvalue weighted by molar-refractivity contribution is -0.132. The number of hydrogen-bond acceptors (Lipinski definition) is 2. The summed E-state index contributed by atoms with van der Waals surface area (Å²) in [5.41, 5.74) is 0. The van der Waals surface area contributed by atoms with Crippen LogP contribution in [0, 0.1) is 5.92 Å². The quantitative estimate of drug-likeness (QED) is 0.797. The minimum Gasteiger partial charge on any atom is -0.391 e. The Labute approximate surface area is 97.8 Å². The molecule has 2 fully saturated rings. The summed E-state index contributed by atoms with van der Waals surface area (Å²) in [4.78, 5) is 13.7. The van der Waals surface area contributed by atoms with Gasteiger partial charge in [0.15, 0.2) is 0 Å². The largest absolute Gasteiger partial charge is 0.391 e. The molecule has 1 aliphatic carbocycles. The maximum atomic E-state index is 11.8. The monoisotopic (exact) mass is 225 g/mol. The van der Waals surface area contributed by atoms with Crippen LogP contribution in [0.4, 0.5) is 0 Å². The summed E-state index contributed by atoms with van der Waals surface area (Å²) < 4.78 is 0. The maximum absolute atomic E-state index is 11.8. The Morgan fingerprint density at radius 1 is 1.19 bits per heavy atom. The van der Waals surface area contributed by atoms with E-state index in [2.05, 4.69) is 0 Å². The lowest BCUT2D eigenvalue weighted by atomic mass is 10.0. The van der Waals surface area contributed by atoms with Gasteiger partial charge < -0.3 is 10.0 Å². The summed E-state index contributed by atoms with van der Waals surface area (Å²) in [6, 6.07) is 0. The molecule has 1 saturated carbocycles. The molecule has 0 bridgehead atoms. The molecule has 3 heteroatoms. The van der Waals surface area contributed by atoms with Crippen molar-refractivity contribution in [2.75, 3.05) is 13.1 Å². The molecule has 0 aromatic rings.